The summed E-state index contributed by atoms with van der Waals surface area (Å²) in [5.41, 5.74) is 0.910. The second-order valence-corrected chi connectivity index (χ2v) is 2.71. The number of hydrogen-bond acceptors (Lipinski definition) is 2. The molecular formula is C8H9ClO2. The van der Waals surface area contributed by atoms with E-state index in [1.807, 2.05) is 6.92 Å². The molecule has 0 aromatic heterocycles. The number of aromatic hydroxyl groups is 1. The van der Waals surface area contributed by atoms with Gasteiger partial charge in [0.2, 0.25) is 0 Å². The van der Waals surface area contributed by atoms with Crippen molar-refractivity contribution in [1.82, 2.24) is 0 Å². The van der Waals surface area contributed by atoms with Gasteiger partial charge >= 0.3 is 0 Å². The van der Waals surface area contributed by atoms with Crippen molar-refractivity contribution < 1.29 is 9.84 Å². The van der Waals surface area contributed by atoms with E-state index in [0.29, 0.717) is 10.8 Å². The molecule has 1 aromatic carbocycles. The Morgan fingerprint density at radius 1 is 1.45 bits per heavy atom. The van der Waals surface area contributed by atoms with Crippen molar-refractivity contribution in [2.45, 2.75) is 6.92 Å². The van der Waals surface area contributed by atoms with Crippen molar-refractivity contribution >= 4 is 11.6 Å². The molecule has 0 amide bonds. The molecule has 60 valence electrons. The third-order valence-corrected chi connectivity index (χ3v) is 1.65. The average molecular weight is 173 g/mol. The van der Waals surface area contributed by atoms with Crippen LogP contribution in [0.4, 0.5) is 0 Å². The number of methoxy groups -OCH3 is 1. The number of phenols is 1. The lowest BCUT2D eigenvalue weighted by molar-refractivity contribution is 0.373. The van der Waals surface area contributed by atoms with Crippen LogP contribution in [0.1, 0.15) is 5.56 Å². The summed E-state index contributed by atoms with van der Waals surface area (Å²) in [7, 11) is 1.47. The van der Waals surface area contributed by atoms with Crippen molar-refractivity contribution in [3.05, 3.63) is 22.7 Å². The number of rotatable bonds is 1. The van der Waals surface area contributed by atoms with Gasteiger partial charge in [0.05, 0.1) is 12.1 Å². The maximum Gasteiger partial charge on any atom is 0.179 e. The number of ether oxygens (including phenoxy) is 1. The molecule has 0 unspecified atom stereocenters. The molecule has 0 radical (unpaired) electrons. The van der Waals surface area contributed by atoms with Gasteiger partial charge in [-0.1, -0.05) is 11.6 Å². The predicted molar refractivity (Wildman–Crippen MR) is 44.4 cm³/mol. The van der Waals surface area contributed by atoms with Crippen LogP contribution in [0, 0.1) is 6.92 Å². The van der Waals surface area contributed by atoms with Gasteiger partial charge in [0.25, 0.3) is 0 Å². The standard InChI is InChI=1S/C8H9ClO2/c1-5-3-6(9)8(11-2)7(10)4-5/h3-4,10H,1-2H3. The Bertz CT molecular complexity index is 248. The van der Waals surface area contributed by atoms with Crippen LogP contribution < -0.4 is 4.74 Å². The van der Waals surface area contributed by atoms with Crippen molar-refractivity contribution in [3.8, 4) is 11.5 Å². The first-order valence-corrected chi connectivity index (χ1v) is 3.56. The quantitative estimate of drug-likeness (QED) is 0.705. The summed E-state index contributed by atoms with van der Waals surface area (Å²) in [6, 6.07) is 3.34. The molecule has 0 saturated heterocycles. The van der Waals surface area contributed by atoms with Gasteiger partial charge in [-0.15, -0.1) is 0 Å². The second kappa shape index (κ2) is 3.01. The van der Waals surface area contributed by atoms with Gasteiger partial charge < -0.3 is 9.84 Å². The van der Waals surface area contributed by atoms with Crippen LogP contribution in [0.5, 0.6) is 11.5 Å². The molecule has 1 rings (SSSR count). The van der Waals surface area contributed by atoms with Gasteiger partial charge in [0.15, 0.2) is 11.5 Å². The maximum atomic E-state index is 9.26. The van der Waals surface area contributed by atoms with Gasteiger partial charge in [-0.05, 0) is 24.6 Å². The molecule has 0 aliphatic carbocycles. The van der Waals surface area contributed by atoms with Crippen LogP contribution >= 0.6 is 11.6 Å². The average Bonchev–Trinajstić information content (AvgIpc) is 1.85. The molecule has 0 saturated carbocycles. The Morgan fingerprint density at radius 3 is 2.55 bits per heavy atom. The maximum absolute atomic E-state index is 9.26. The number of phenolic OH excluding ortho intramolecular Hbond substituents is 1. The van der Waals surface area contributed by atoms with Crippen molar-refractivity contribution in [2.75, 3.05) is 7.11 Å². The van der Waals surface area contributed by atoms with Crippen LogP contribution in [-0.2, 0) is 0 Å². The van der Waals surface area contributed by atoms with E-state index in [9.17, 15) is 5.11 Å². The zero-order valence-electron chi connectivity index (χ0n) is 6.39. The third kappa shape index (κ3) is 1.57. The molecule has 3 heteroatoms. The monoisotopic (exact) mass is 172 g/mol. The van der Waals surface area contributed by atoms with Crippen LogP contribution in [-0.4, -0.2) is 12.2 Å². The van der Waals surface area contributed by atoms with Crippen molar-refractivity contribution in [1.29, 1.82) is 0 Å². The van der Waals surface area contributed by atoms with Crippen LogP contribution in [0.15, 0.2) is 12.1 Å². The van der Waals surface area contributed by atoms with Crippen LogP contribution in [0.3, 0.4) is 0 Å². The highest BCUT2D eigenvalue weighted by Crippen LogP contribution is 2.34. The lowest BCUT2D eigenvalue weighted by Gasteiger charge is -2.05. The molecule has 0 fully saturated rings. The molecule has 11 heavy (non-hydrogen) atoms. The zero-order chi connectivity index (χ0) is 8.43. The van der Waals surface area contributed by atoms with E-state index in [0.717, 1.165) is 5.56 Å². The highest BCUT2D eigenvalue weighted by atomic mass is 35.5. The Balaban J connectivity index is 3.25. The normalized spacial score (nSPS) is 9.73. The molecular weight excluding hydrogens is 164 g/mol. The number of aryl methyl sites for hydroxylation is 1. The zero-order valence-corrected chi connectivity index (χ0v) is 7.14. The van der Waals surface area contributed by atoms with E-state index < -0.39 is 0 Å². The Kier molecular flexibility index (Phi) is 2.25. The first-order valence-electron chi connectivity index (χ1n) is 3.18. The lowest BCUT2D eigenvalue weighted by Crippen LogP contribution is -1.85. The summed E-state index contributed by atoms with van der Waals surface area (Å²) in [4.78, 5) is 0. The Morgan fingerprint density at radius 2 is 2.09 bits per heavy atom. The molecule has 0 aliphatic rings. The van der Waals surface area contributed by atoms with E-state index in [2.05, 4.69) is 0 Å². The SMILES string of the molecule is COc1c(O)cc(C)cc1Cl. The highest BCUT2D eigenvalue weighted by Gasteiger charge is 2.06. The largest absolute Gasteiger partial charge is 0.504 e. The first-order chi connectivity index (χ1) is 5.15. The summed E-state index contributed by atoms with van der Waals surface area (Å²) in [5, 5.41) is 9.70. The predicted octanol–water partition coefficient (Wildman–Crippen LogP) is 2.36. The molecule has 1 N–H and O–H groups in total. The molecule has 0 aliphatic heterocycles. The topological polar surface area (TPSA) is 29.5 Å². The Labute approximate surface area is 70.4 Å². The number of benzene rings is 1. The Hall–Kier alpha value is -0.890. The van der Waals surface area contributed by atoms with Crippen LogP contribution in [0.2, 0.25) is 5.02 Å². The minimum absolute atomic E-state index is 0.0810. The molecule has 0 heterocycles. The van der Waals surface area contributed by atoms with E-state index in [4.69, 9.17) is 16.3 Å². The first kappa shape index (κ1) is 8.21. The summed E-state index contributed by atoms with van der Waals surface area (Å²) >= 11 is 5.75. The fraction of sp³-hybridized carbons (Fsp3) is 0.250. The summed E-state index contributed by atoms with van der Waals surface area (Å²) in [6.07, 6.45) is 0. The van der Waals surface area contributed by atoms with E-state index in [1.165, 1.54) is 7.11 Å². The summed E-state index contributed by atoms with van der Waals surface area (Å²) in [6.45, 7) is 1.85. The molecule has 0 spiro atoms. The van der Waals surface area contributed by atoms with Gasteiger partial charge in [-0.2, -0.15) is 0 Å². The van der Waals surface area contributed by atoms with E-state index in [1.54, 1.807) is 12.1 Å². The van der Waals surface area contributed by atoms with Crippen molar-refractivity contribution in [3.63, 3.8) is 0 Å². The fourth-order valence-corrected chi connectivity index (χ4v) is 1.26. The van der Waals surface area contributed by atoms with Gasteiger partial charge in [0, 0.05) is 0 Å². The molecule has 0 atom stereocenters. The van der Waals surface area contributed by atoms with Crippen molar-refractivity contribution in [2.24, 2.45) is 0 Å². The minimum atomic E-state index is 0.0810. The summed E-state index contributed by atoms with van der Waals surface area (Å²) in [5.74, 6) is 0.412. The van der Waals surface area contributed by atoms with E-state index >= 15 is 0 Å². The third-order valence-electron chi connectivity index (χ3n) is 1.37. The lowest BCUT2D eigenvalue weighted by atomic mass is 10.2. The van der Waals surface area contributed by atoms with Gasteiger partial charge in [-0.25, -0.2) is 0 Å². The smallest absolute Gasteiger partial charge is 0.179 e. The molecule has 1 aromatic rings. The molecule has 2 nitrogen and oxygen atoms in total. The van der Waals surface area contributed by atoms with Crippen LogP contribution in [0.25, 0.3) is 0 Å². The van der Waals surface area contributed by atoms with Gasteiger partial charge in [-0.3, -0.25) is 0 Å². The number of hydrogen-bond donors (Lipinski definition) is 1. The van der Waals surface area contributed by atoms with E-state index in [-0.39, 0.29) is 5.75 Å². The minimum Gasteiger partial charge on any atom is -0.504 e. The fourth-order valence-electron chi connectivity index (χ4n) is 0.913. The molecule has 0 bridgehead atoms. The number of halogens is 1. The van der Waals surface area contributed by atoms with Gasteiger partial charge in [0.1, 0.15) is 0 Å². The highest BCUT2D eigenvalue weighted by molar-refractivity contribution is 6.32. The second-order valence-electron chi connectivity index (χ2n) is 2.30. The summed E-state index contributed by atoms with van der Waals surface area (Å²) < 4.78 is 4.85.